The second kappa shape index (κ2) is 8.92. The predicted molar refractivity (Wildman–Crippen MR) is 73.9 cm³/mol. The highest BCUT2D eigenvalue weighted by Crippen LogP contribution is 2.01. The van der Waals surface area contributed by atoms with E-state index in [0.29, 0.717) is 13.0 Å². The summed E-state index contributed by atoms with van der Waals surface area (Å²) in [6.45, 7) is 2.28. The van der Waals surface area contributed by atoms with E-state index in [-0.39, 0.29) is 13.2 Å². The summed E-state index contributed by atoms with van der Waals surface area (Å²) >= 11 is 0. The van der Waals surface area contributed by atoms with Gasteiger partial charge in [0.05, 0.1) is 6.61 Å². The molecule has 0 aliphatic rings. The second-order valence-electron chi connectivity index (χ2n) is 4.16. The Morgan fingerprint density at radius 3 is 2.55 bits per heavy atom. The van der Waals surface area contributed by atoms with E-state index in [4.69, 9.17) is 15.2 Å². The van der Waals surface area contributed by atoms with Crippen LogP contribution >= 0.6 is 0 Å². The Kier molecular flexibility index (Phi) is 7.13. The van der Waals surface area contributed by atoms with E-state index < -0.39 is 18.1 Å². The molecule has 0 spiro atoms. The summed E-state index contributed by atoms with van der Waals surface area (Å²) in [6.07, 6.45) is 0.0133. The number of carbonyl (C=O) groups is 2. The minimum absolute atomic E-state index is 0.0387. The van der Waals surface area contributed by atoms with Gasteiger partial charge in [-0.15, -0.1) is 0 Å². The fourth-order valence-electron chi connectivity index (χ4n) is 1.42. The zero-order valence-corrected chi connectivity index (χ0v) is 11.5. The number of hydrogen-bond donors (Lipinski definition) is 2. The van der Waals surface area contributed by atoms with E-state index in [2.05, 4.69) is 5.32 Å². The van der Waals surface area contributed by atoms with Crippen molar-refractivity contribution < 1.29 is 19.1 Å². The number of carbonyl (C=O) groups excluding carboxylic acids is 2. The van der Waals surface area contributed by atoms with Gasteiger partial charge in [0.15, 0.2) is 0 Å². The van der Waals surface area contributed by atoms with E-state index >= 15 is 0 Å². The molecule has 1 rings (SSSR count). The lowest BCUT2D eigenvalue weighted by atomic mass is 10.2. The minimum Gasteiger partial charge on any atom is -0.464 e. The summed E-state index contributed by atoms with van der Waals surface area (Å²) in [7, 11) is 0. The summed E-state index contributed by atoms with van der Waals surface area (Å²) in [4.78, 5) is 23.1. The first-order chi connectivity index (χ1) is 9.67. The molecule has 20 heavy (non-hydrogen) atoms. The van der Waals surface area contributed by atoms with Crippen molar-refractivity contribution in [2.45, 2.75) is 26.0 Å². The number of nitrogens with one attached hydrogen (secondary N) is 1. The molecule has 1 aromatic carbocycles. The van der Waals surface area contributed by atoms with Gasteiger partial charge < -0.3 is 20.5 Å². The molecule has 3 N–H and O–H groups in total. The Balaban J connectivity index is 2.37. The fraction of sp³-hybridized carbons (Fsp3) is 0.429. The Labute approximate surface area is 118 Å². The Morgan fingerprint density at radius 1 is 1.25 bits per heavy atom. The molecule has 1 aromatic rings. The predicted octanol–water partition coefficient (Wildman–Crippen LogP) is 1.19. The van der Waals surface area contributed by atoms with Gasteiger partial charge in [0.1, 0.15) is 12.6 Å². The van der Waals surface area contributed by atoms with Gasteiger partial charge >= 0.3 is 12.1 Å². The third-order valence-corrected chi connectivity index (χ3v) is 2.47. The summed E-state index contributed by atoms with van der Waals surface area (Å²) < 4.78 is 9.92. The summed E-state index contributed by atoms with van der Waals surface area (Å²) in [5, 5.41) is 2.38. The Hall–Kier alpha value is -2.08. The molecule has 0 radical (unpaired) electrons. The molecule has 1 amide bonds. The van der Waals surface area contributed by atoms with Crippen LogP contribution in [0.25, 0.3) is 0 Å². The molecule has 6 heteroatoms. The third-order valence-electron chi connectivity index (χ3n) is 2.47. The van der Waals surface area contributed by atoms with Crippen molar-refractivity contribution >= 4 is 12.1 Å². The highest BCUT2D eigenvalue weighted by atomic mass is 16.6. The Morgan fingerprint density at radius 2 is 1.95 bits per heavy atom. The van der Waals surface area contributed by atoms with Gasteiger partial charge in [0.2, 0.25) is 0 Å². The number of benzene rings is 1. The number of alkyl carbamates (subject to hydrolysis) is 1. The number of esters is 1. The lowest BCUT2D eigenvalue weighted by molar-refractivity contribution is -0.145. The zero-order chi connectivity index (χ0) is 14.8. The smallest absolute Gasteiger partial charge is 0.408 e. The number of ether oxygens (including phenoxy) is 2. The van der Waals surface area contributed by atoms with Crippen LogP contribution in [-0.4, -0.2) is 31.3 Å². The molecule has 0 aromatic heterocycles. The van der Waals surface area contributed by atoms with Crippen LogP contribution in [0, 0.1) is 0 Å². The first kappa shape index (κ1) is 16.0. The van der Waals surface area contributed by atoms with Crippen LogP contribution in [0.1, 0.15) is 18.9 Å². The van der Waals surface area contributed by atoms with Gasteiger partial charge in [-0.1, -0.05) is 37.3 Å². The lowest BCUT2D eigenvalue weighted by Crippen LogP contribution is -2.46. The third kappa shape index (κ3) is 5.71. The number of hydrogen-bond acceptors (Lipinski definition) is 5. The molecule has 1 atom stereocenters. The summed E-state index contributed by atoms with van der Waals surface area (Å²) in [6, 6.07) is 8.36. The van der Waals surface area contributed by atoms with E-state index in [9.17, 15) is 9.59 Å². The van der Waals surface area contributed by atoms with Crippen molar-refractivity contribution in [2.75, 3.05) is 13.2 Å². The first-order valence-corrected chi connectivity index (χ1v) is 6.51. The molecule has 0 saturated heterocycles. The van der Waals surface area contributed by atoms with Gasteiger partial charge in [-0.2, -0.15) is 0 Å². The Bertz CT molecular complexity index is 422. The molecule has 110 valence electrons. The molecule has 0 aliphatic heterocycles. The molecule has 0 saturated carbocycles. The SMILES string of the molecule is CCCOC(=O)[C@@H](CN)NC(=O)OCc1ccccc1. The summed E-state index contributed by atoms with van der Waals surface area (Å²) in [5.41, 5.74) is 6.29. The van der Waals surface area contributed by atoms with Crippen molar-refractivity contribution in [3.63, 3.8) is 0 Å². The van der Waals surface area contributed by atoms with Gasteiger partial charge in [0, 0.05) is 6.54 Å². The van der Waals surface area contributed by atoms with Crippen molar-refractivity contribution in [1.82, 2.24) is 5.32 Å². The number of rotatable bonds is 7. The van der Waals surface area contributed by atoms with Crippen LogP contribution in [0.5, 0.6) is 0 Å². The van der Waals surface area contributed by atoms with Crippen molar-refractivity contribution in [3.8, 4) is 0 Å². The van der Waals surface area contributed by atoms with Crippen LogP contribution in [0.3, 0.4) is 0 Å². The molecular formula is C14H20N2O4. The molecule has 0 unspecified atom stereocenters. The minimum atomic E-state index is -0.884. The average Bonchev–Trinajstić information content (AvgIpc) is 2.49. The van der Waals surface area contributed by atoms with Crippen LogP contribution < -0.4 is 11.1 Å². The van der Waals surface area contributed by atoms with E-state index in [1.807, 2.05) is 37.3 Å². The number of amides is 1. The van der Waals surface area contributed by atoms with Gasteiger partial charge in [0.25, 0.3) is 0 Å². The zero-order valence-electron chi connectivity index (χ0n) is 11.5. The van der Waals surface area contributed by atoms with E-state index in [1.54, 1.807) is 0 Å². The highest BCUT2D eigenvalue weighted by Gasteiger charge is 2.21. The van der Waals surface area contributed by atoms with Crippen LogP contribution in [0.4, 0.5) is 4.79 Å². The van der Waals surface area contributed by atoms with Crippen molar-refractivity contribution in [1.29, 1.82) is 0 Å². The van der Waals surface area contributed by atoms with Crippen molar-refractivity contribution in [2.24, 2.45) is 5.73 Å². The quantitative estimate of drug-likeness (QED) is 0.732. The molecule has 0 bridgehead atoms. The van der Waals surface area contributed by atoms with Crippen LogP contribution in [-0.2, 0) is 20.9 Å². The maximum Gasteiger partial charge on any atom is 0.408 e. The molecule has 6 nitrogen and oxygen atoms in total. The van der Waals surface area contributed by atoms with E-state index in [0.717, 1.165) is 5.56 Å². The average molecular weight is 280 g/mol. The van der Waals surface area contributed by atoms with Crippen LogP contribution in [0.2, 0.25) is 0 Å². The fourth-order valence-corrected chi connectivity index (χ4v) is 1.42. The topological polar surface area (TPSA) is 90.6 Å². The monoisotopic (exact) mass is 280 g/mol. The van der Waals surface area contributed by atoms with Gasteiger partial charge in [-0.25, -0.2) is 9.59 Å². The standard InChI is InChI=1S/C14H20N2O4/c1-2-8-19-13(17)12(9-15)16-14(18)20-10-11-6-4-3-5-7-11/h3-7,12H,2,8-10,15H2,1H3,(H,16,18)/t12-/m1/s1. The van der Waals surface area contributed by atoms with Crippen molar-refractivity contribution in [3.05, 3.63) is 35.9 Å². The molecular weight excluding hydrogens is 260 g/mol. The summed E-state index contributed by atoms with van der Waals surface area (Å²) in [5.74, 6) is -0.550. The molecule has 0 aliphatic carbocycles. The normalized spacial score (nSPS) is 11.5. The van der Waals surface area contributed by atoms with Crippen LogP contribution in [0.15, 0.2) is 30.3 Å². The maximum atomic E-state index is 11.6. The lowest BCUT2D eigenvalue weighted by Gasteiger charge is -2.15. The highest BCUT2D eigenvalue weighted by molar-refractivity contribution is 5.81. The first-order valence-electron chi connectivity index (χ1n) is 6.51. The van der Waals surface area contributed by atoms with Gasteiger partial charge in [-0.3, -0.25) is 0 Å². The maximum absolute atomic E-state index is 11.6. The molecule has 0 fully saturated rings. The molecule has 0 heterocycles. The second-order valence-corrected chi connectivity index (χ2v) is 4.16. The van der Waals surface area contributed by atoms with Gasteiger partial charge in [-0.05, 0) is 12.0 Å². The largest absolute Gasteiger partial charge is 0.464 e. The van der Waals surface area contributed by atoms with E-state index in [1.165, 1.54) is 0 Å². The number of nitrogens with two attached hydrogens (primary N) is 1.